The van der Waals surface area contributed by atoms with Gasteiger partial charge in [-0.05, 0) is 42.4 Å². The van der Waals surface area contributed by atoms with Gasteiger partial charge in [-0.25, -0.2) is 0 Å². The van der Waals surface area contributed by atoms with Crippen LogP contribution in [-0.4, -0.2) is 38.3 Å². The second-order valence-electron chi connectivity index (χ2n) is 8.09. The van der Waals surface area contributed by atoms with Gasteiger partial charge in [0, 0.05) is 24.8 Å². The zero-order valence-electron chi connectivity index (χ0n) is 16.5. The topological polar surface area (TPSA) is 41.6 Å². The van der Waals surface area contributed by atoms with Crippen LogP contribution in [-0.2, 0) is 14.9 Å². The third-order valence-electron chi connectivity index (χ3n) is 5.09. The minimum atomic E-state index is -0.169. The van der Waals surface area contributed by atoms with Crippen molar-refractivity contribution in [3.05, 3.63) is 29.8 Å². The van der Waals surface area contributed by atoms with Crippen LogP contribution in [0.5, 0.6) is 0 Å². The number of carbonyl (C=O) groups is 1. The molecule has 1 aromatic rings. The van der Waals surface area contributed by atoms with Crippen molar-refractivity contribution >= 4 is 11.7 Å². The van der Waals surface area contributed by atoms with Crippen molar-refractivity contribution in [2.45, 2.75) is 70.9 Å². The molecule has 1 fully saturated rings. The lowest BCUT2D eigenvalue weighted by Crippen LogP contribution is -2.49. The number of methoxy groups -OCH3 is 1. The maximum Gasteiger partial charge on any atom is 0.322 e. The number of nitrogens with one attached hydrogen (secondary N) is 1. The Morgan fingerprint density at radius 1 is 1.24 bits per heavy atom. The first-order chi connectivity index (χ1) is 11.8. The molecule has 4 heteroatoms. The number of hydrogen-bond donors (Lipinski definition) is 1. The number of carbonyl (C=O) groups excluding carboxylic acids is 1. The predicted molar refractivity (Wildman–Crippen MR) is 104 cm³/mol. The largest absolute Gasteiger partial charge is 0.468 e. The molecule has 1 aliphatic rings. The molecule has 1 N–H and O–H groups in total. The second-order valence-corrected chi connectivity index (χ2v) is 8.09. The summed E-state index contributed by atoms with van der Waals surface area (Å²) in [6, 6.07) is 9.19. The first-order valence-electron chi connectivity index (χ1n) is 9.54. The van der Waals surface area contributed by atoms with Gasteiger partial charge in [0.15, 0.2) is 0 Å². The summed E-state index contributed by atoms with van der Waals surface area (Å²) in [7, 11) is 1.47. The predicted octanol–water partition coefficient (Wildman–Crippen LogP) is 3.88. The van der Waals surface area contributed by atoms with E-state index in [2.05, 4.69) is 62.2 Å². The van der Waals surface area contributed by atoms with E-state index in [0.29, 0.717) is 6.04 Å². The summed E-state index contributed by atoms with van der Waals surface area (Å²) in [4.78, 5) is 14.3. The Hall–Kier alpha value is -1.55. The Balaban J connectivity index is 1.89. The third-order valence-corrected chi connectivity index (χ3v) is 5.09. The molecule has 0 saturated carbocycles. The maximum absolute atomic E-state index is 11.9. The first-order valence-corrected chi connectivity index (χ1v) is 9.54. The van der Waals surface area contributed by atoms with Gasteiger partial charge in [-0.3, -0.25) is 4.79 Å². The van der Waals surface area contributed by atoms with E-state index in [-0.39, 0.29) is 17.4 Å². The molecular weight excluding hydrogens is 312 g/mol. The molecule has 0 aromatic heterocycles. The third kappa shape index (κ3) is 5.46. The van der Waals surface area contributed by atoms with Gasteiger partial charge in [0.1, 0.15) is 6.04 Å². The molecule has 0 radical (unpaired) electrons. The summed E-state index contributed by atoms with van der Waals surface area (Å²) in [5, 5.41) is 3.51. The van der Waals surface area contributed by atoms with Gasteiger partial charge in [0.25, 0.3) is 0 Å². The normalized spacial score (nSPS) is 17.4. The molecule has 0 unspecified atom stereocenters. The lowest BCUT2D eigenvalue weighted by molar-refractivity contribution is -0.143. The van der Waals surface area contributed by atoms with Crippen LogP contribution < -0.4 is 10.2 Å². The number of hydrogen-bond acceptors (Lipinski definition) is 4. The van der Waals surface area contributed by atoms with Crippen LogP contribution >= 0.6 is 0 Å². The molecule has 2 rings (SSSR count). The van der Waals surface area contributed by atoms with Crippen LogP contribution in [0, 0.1) is 0 Å². The molecule has 25 heavy (non-hydrogen) atoms. The van der Waals surface area contributed by atoms with Crippen LogP contribution in [0.4, 0.5) is 5.69 Å². The summed E-state index contributed by atoms with van der Waals surface area (Å²) in [6.07, 6.45) is 3.92. The van der Waals surface area contributed by atoms with Gasteiger partial charge in [-0.15, -0.1) is 0 Å². The monoisotopic (exact) mass is 346 g/mol. The fourth-order valence-electron chi connectivity index (χ4n) is 3.46. The van der Waals surface area contributed by atoms with Crippen LogP contribution in [0.15, 0.2) is 24.3 Å². The highest BCUT2D eigenvalue weighted by Crippen LogP contribution is 2.26. The molecule has 4 nitrogen and oxygen atoms in total. The molecule has 1 atom stereocenters. The van der Waals surface area contributed by atoms with Crippen molar-refractivity contribution in [3.8, 4) is 0 Å². The van der Waals surface area contributed by atoms with E-state index >= 15 is 0 Å². The number of anilines is 1. The quantitative estimate of drug-likeness (QED) is 0.794. The van der Waals surface area contributed by atoms with Crippen LogP contribution in [0.2, 0.25) is 0 Å². The molecule has 1 saturated heterocycles. The molecule has 0 aliphatic carbocycles. The number of esters is 1. The summed E-state index contributed by atoms with van der Waals surface area (Å²) < 4.78 is 4.92. The Bertz CT molecular complexity index is 540. The van der Waals surface area contributed by atoms with Gasteiger partial charge < -0.3 is 15.0 Å². The summed E-state index contributed by atoms with van der Waals surface area (Å²) in [5.74, 6) is -0.137. The van der Waals surface area contributed by atoms with E-state index in [9.17, 15) is 4.79 Å². The van der Waals surface area contributed by atoms with E-state index < -0.39 is 0 Å². The lowest BCUT2D eigenvalue weighted by atomic mass is 9.87. The van der Waals surface area contributed by atoms with Crippen molar-refractivity contribution < 1.29 is 9.53 Å². The highest BCUT2D eigenvalue weighted by atomic mass is 16.5. The number of nitrogens with zero attached hydrogens (tertiary/aromatic N) is 1. The second kappa shape index (κ2) is 8.70. The molecule has 0 spiro atoms. The summed E-state index contributed by atoms with van der Waals surface area (Å²) in [6.45, 7) is 10.9. The van der Waals surface area contributed by atoms with Gasteiger partial charge in [0.2, 0.25) is 0 Å². The van der Waals surface area contributed by atoms with Crippen molar-refractivity contribution in [3.63, 3.8) is 0 Å². The van der Waals surface area contributed by atoms with Crippen molar-refractivity contribution in [1.29, 1.82) is 0 Å². The summed E-state index contributed by atoms with van der Waals surface area (Å²) >= 11 is 0. The first kappa shape index (κ1) is 19.8. The highest BCUT2D eigenvalue weighted by Gasteiger charge is 2.25. The maximum atomic E-state index is 11.9. The minimum absolute atomic E-state index is 0.137. The van der Waals surface area contributed by atoms with E-state index in [0.717, 1.165) is 38.8 Å². The number of piperidine rings is 1. The van der Waals surface area contributed by atoms with Crippen LogP contribution in [0.3, 0.4) is 0 Å². The Morgan fingerprint density at radius 3 is 2.32 bits per heavy atom. The van der Waals surface area contributed by atoms with Crippen molar-refractivity contribution in [1.82, 2.24) is 5.32 Å². The van der Waals surface area contributed by atoms with E-state index in [1.807, 2.05) is 0 Å². The molecule has 1 heterocycles. The molecule has 140 valence electrons. The van der Waals surface area contributed by atoms with Gasteiger partial charge in [-0.2, -0.15) is 0 Å². The number of benzene rings is 1. The average Bonchev–Trinajstić information content (AvgIpc) is 2.60. The average molecular weight is 347 g/mol. The van der Waals surface area contributed by atoms with Crippen LogP contribution in [0.1, 0.15) is 58.9 Å². The molecule has 1 aromatic carbocycles. The lowest BCUT2D eigenvalue weighted by Gasteiger charge is -2.35. The fourth-order valence-corrected chi connectivity index (χ4v) is 3.46. The van der Waals surface area contributed by atoms with Crippen LogP contribution in [0.25, 0.3) is 0 Å². The van der Waals surface area contributed by atoms with Gasteiger partial charge in [0.05, 0.1) is 7.11 Å². The van der Waals surface area contributed by atoms with E-state index in [1.165, 1.54) is 18.4 Å². The Kier molecular flexibility index (Phi) is 6.88. The number of ether oxygens (including phenoxy) is 1. The fraction of sp³-hybridized carbons (Fsp3) is 0.667. The zero-order chi connectivity index (χ0) is 18.4. The molecule has 0 bridgehead atoms. The highest BCUT2D eigenvalue weighted by molar-refractivity contribution is 5.75. The van der Waals surface area contributed by atoms with Crippen molar-refractivity contribution in [2.75, 3.05) is 25.1 Å². The SMILES string of the molecule is CCC[C@H](NC1CCN(c2ccc(C(C)(C)C)cc2)CC1)C(=O)OC. The zero-order valence-corrected chi connectivity index (χ0v) is 16.5. The van der Waals surface area contributed by atoms with E-state index in [1.54, 1.807) is 0 Å². The van der Waals surface area contributed by atoms with E-state index in [4.69, 9.17) is 4.74 Å². The minimum Gasteiger partial charge on any atom is -0.468 e. The smallest absolute Gasteiger partial charge is 0.322 e. The number of rotatable bonds is 6. The Morgan fingerprint density at radius 2 is 1.84 bits per heavy atom. The van der Waals surface area contributed by atoms with Gasteiger partial charge in [-0.1, -0.05) is 46.2 Å². The van der Waals surface area contributed by atoms with Gasteiger partial charge >= 0.3 is 5.97 Å². The molecule has 0 amide bonds. The summed E-state index contributed by atoms with van der Waals surface area (Å²) in [5.41, 5.74) is 2.86. The van der Waals surface area contributed by atoms with Crippen molar-refractivity contribution in [2.24, 2.45) is 0 Å². The standard InChI is InChI=1S/C21H34N2O2/c1-6-7-19(20(24)25-5)22-17-12-14-23(15-13-17)18-10-8-16(9-11-18)21(2,3)4/h8-11,17,19,22H,6-7,12-15H2,1-5H3/t19-/m0/s1. The Labute approximate surface area is 152 Å². The molecule has 1 aliphatic heterocycles. The molecular formula is C21H34N2O2.